The molecule has 0 atom stereocenters. The van der Waals surface area contributed by atoms with Gasteiger partial charge in [0.25, 0.3) is 0 Å². The predicted molar refractivity (Wildman–Crippen MR) is 97.8 cm³/mol. The van der Waals surface area contributed by atoms with E-state index >= 15 is 0 Å². The van der Waals surface area contributed by atoms with Crippen LogP contribution in [0.15, 0.2) is 41.8 Å². The molecule has 2 aromatic rings. The molecule has 1 aromatic carbocycles. The maximum atomic E-state index is 12.9. The maximum Gasteiger partial charge on any atom is 0.227 e. The quantitative estimate of drug-likeness (QED) is 0.835. The lowest BCUT2D eigenvalue weighted by atomic mass is 9.76. The fourth-order valence-corrected chi connectivity index (χ4v) is 4.80. The van der Waals surface area contributed by atoms with Gasteiger partial charge in [0, 0.05) is 42.2 Å². The van der Waals surface area contributed by atoms with Gasteiger partial charge in [0.2, 0.25) is 5.91 Å². The second kappa shape index (κ2) is 6.69. The molecule has 3 nitrogen and oxygen atoms in total. The summed E-state index contributed by atoms with van der Waals surface area (Å²) >= 11 is 1.77. The number of fused-ring (bicyclic) bond motifs is 2. The van der Waals surface area contributed by atoms with Crippen molar-refractivity contribution in [1.29, 1.82) is 0 Å². The van der Waals surface area contributed by atoms with E-state index in [0.29, 0.717) is 6.42 Å². The number of nitrogens with zero attached hydrogens (tertiary/aromatic N) is 1. The van der Waals surface area contributed by atoms with Gasteiger partial charge in [0.1, 0.15) is 0 Å². The first-order chi connectivity index (χ1) is 11.8. The number of hydrogen-bond donors (Lipinski definition) is 0. The van der Waals surface area contributed by atoms with Crippen molar-refractivity contribution in [1.82, 2.24) is 0 Å². The fraction of sp³-hybridized carbons (Fsp3) is 0.450. The Morgan fingerprint density at radius 2 is 2.00 bits per heavy atom. The number of amides is 1. The summed E-state index contributed by atoms with van der Waals surface area (Å²) in [4.78, 5) is 16.3. The lowest BCUT2D eigenvalue weighted by molar-refractivity contribution is -0.118. The van der Waals surface area contributed by atoms with E-state index in [0.717, 1.165) is 51.1 Å². The Morgan fingerprint density at radius 3 is 2.79 bits per heavy atom. The Kier molecular flexibility index (Phi) is 4.42. The molecule has 1 aromatic heterocycles. The van der Waals surface area contributed by atoms with Gasteiger partial charge in [-0.05, 0) is 48.8 Å². The normalized spacial score (nSPS) is 18.8. The molecule has 4 heteroatoms. The van der Waals surface area contributed by atoms with E-state index in [1.807, 2.05) is 11.0 Å². The van der Waals surface area contributed by atoms with Crippen LogP contribution in [0.25, 0.3) is 0 Å². The first kappa shape index (κ1) is 15.9. The Bertz CT molecular complexity index is 704. The van der Waals surface area contributed by atoms with Gasteiger partial charge in [-0.15, -0.1) is 11.3 Å². The molecule has 1 spiro atoms. The second-order valence-corrected chi connectivity index (χ2v) is 7.85. The maximum absolute atomic E-state index is 12.9. The van der Waals surface area contributed by atoms with E-state index in [1.165, 1.54) is 10.4 Å². The van der Waals surface area contributed by atoms with Gasteiger partial charge >= 0.3 is 0 Å². The van der Waals surface area contributed by atoms with Gasteiger partial charge in [-0.2, -0.15) is 0 Å². The van der Waals surface area contributed by atoms with E-state index < -0.39 is 0 Å². The van der Waals surface area contributed by atoms with Crippen molar-refractivity contribution in [2.45, 2.75) is 37.5 Å². The summed E-state index contributed by atoms with van der Waals surface area (Å²) in [7, 11) is 0. The van der Waals surface area contributed by atoms with Crippen LogP contribution in [0, 0.1) is 0 Å². The highest BCUT2D eigenvalue weighted by atomic mass is 32.1. The van der Waals surface area contributed by atoms with Crippen molar-refractivity contribution in [2.75, 3.05) is 24.7 Å². The highest BCUT2D eigenvalue weighted by Crippen LogP contribution is 2.46. The van der Waals surface area contributed by atoms with Gasteiger partial charge in [-0.1, -0.05) is 24.3 Å². The Hall–Kier alpha value is -1.65. The highest BCUT2D eigenvalue weighted by Gasteiger charge is 2.45. The van der Waals surface area contributed by atoms with E-state index in [2.05, 4.69) is 35.7 Å². The molecule has 3 heterocycles. The standard InChI is InChI=1S/C20H23NO2S/c22-19(9-3-5-16-6-4-14-24-16)21-15-20(10-12-23-13-11-20)17-7-1-2-8-18(17)21/h1-2,4,6-8,14H,3,5,9-13,15H2. The number of carbonyl (C=O) groups is 1. The molecule has 2 aliphatic rings. The molecule has 126 valence electrons. The number of aryl methyl sites for hydroxylation is 1. The topological polar surface area (TPSA) is 29.5 Å². The van der Waals surface area contributed by atoms with E-state index in [9.17, 15) is 4.79 Å². The summed E-state index contributed by atoms with van der Waals surface area (Å²) in [5.41, 5.74) is 2.58. The van der Waals surface area contributed by atoms with Crippen molar-refractivity contribution >= 4 is 22.9 Å². The summed E-state index contributed by atoms with van der Waals surface area (Å²) in [5, 5.41) is 2.10. The summed E-state index contributed by atoms with van der Waals surface area (Å²) < 4.78 is 5.57. The van der Waals surface area contributed by atoms with Crippen molar-refractivity contribution in [3.8, 4) is 0 Å². The van der Waals surface area contributed by atoms with Crippen molar-refractivity contribution in [3.05, 3.63) is 52.2 Å². The number of thiophene rings is 1. The third-order valence-corrected chi connectivity index (χ3v) is 6.31. The monoisotopic (exact) mass is 341 g/mol. The van der Waals surface area contributed by atoms with Crippen LogP contribution in [0.3, 0.4) is 0 Å². The molecule has 0 radical (unpaired) electrons. The number of carbonyl (C=O) groups excluding carboxylic acids is 1. The van der Waals surface area contributed by atoms with E-state index in [-0.39, 0.29) is 11.3 Å². The van der Waals surface area contributed by atoms with Crippen molar-refractivity contribution < 1.29 is 9.53 Å². The number of hydrogen-bond acceptors (Lipinski definition) is 3. The summed E-state index contributed by atoms with van der Waals surface area (Å²) in [6.45, 7) is 2.43. The molecule has 0 unspecified atom stereocenters. The molecule has 0 bridgehead atoms. The SMILES string of the molecule is O=C(CCCc1cccs1)N1CC2(CCOCC2)c2ccccc21. The lowest BCUT2D eigenvalue weighted by Crippen LogP contribution is -2.40. The Balaban J connectivity index is 1.48. The van der Waals surface area contributed by atoms with Gasteiger partial charge in [0.15, 0.2) is 0 Å². The first-order valence-electron chi connectivity index (χ1n) is 8.79. The molecular formula is C20H23NO2S. The molecular weight excluding hydrogens is 318 g/mol. The molecule has 2 aliphatic heterocycles. The highest BCUT2D eigenvalue weighted by molar-refractivity contribution is 7.09. The number of ether oxygens (including phenoxy) is 1. The minimum atomic E-state index is 0.109. The third-order valence-electron chi connectivity index (χ3n) is 5.37. The fourth-order valence-electron chi connectivity index (χ4n) is 4.05. The molecule has 1 amide bonds. The van der Waals surface area contributed by atoms with Crippen LogP contribution < -0.4 is 4.90 Å². The largest absolute Gasteiger partial charge is 0.381 e. The summed E-state index contributed by atoms with van der Waals surface area (Å²) in [5.74, 6) is 0.266. The Morgan fingerprint density at radius 1 is 1.17 bits per heavy atom. The molecule has 0 saturated carbocycles. The van der Waals surface area contributed by atoms with Crippen LogP contribution in [0.2, 0.25) is 0 Å². The molecule has 24 heavy (non-hydrogen) atoms. The van der Waals surface area contributed by atoms with E-state index in [4.69, 9.17) is 4.74 Å². The van der Waals surface area contributed by atoms with Crippen LogP contribution in [-0.4, -0.2) is 25.7 Å². The molecule has 4 rings (SSSR count). The number of benzene rings is 1. The zero-order chi connectivity index (χ0) is 16.4. The number of para-hydroxylation sites is 1. The Labute approximate surface area is 147 Å². The average molecular weight is 341 g/mol. The van der Waals surface area contributed by atoms with Gasteiger partial charge in [-0.25, -0.2) is 0 Å². The summed E-state index contributed by atoms with van der Waals surface area (Å²) in [6.07, 6.45) is 4.58. The van der Waals surface area contributed by atoms with Gasteiger partial charge < -0.3 is 9.64 Å². The molecule has 0 aliphatic carbocycles. The first-order valence-corrected chi connectivity index (χ1v) is 9.66. The van der Waals surface area contributed by atoms with Crippen LogP contribution in [0.5, 0.6) is 0 Å². The van der Waals surface area contributed by atoms with Crippen LogP contribution in [-0.2, 0) is 21.4 Å². The van der Waals surface area contributed by atoms with Gasteiger partial charge in [-0.3, -0.25) is 4.79 Å². The zero-order valence-corrected chi connectivity index (χ0v) is 14.7. The van der Waals surface area contributed by atoms with E-state index in [1.54, 1.807) is 11.3 Å². The predicted octanol–water partition coefficient (Wildman–Crippen LogP) is 4.17. The minimum Gasteiger partial charge on any atom is -0.381 e. The smallest absolute Gasteiger partial charge is 0.227 e. The zero-order valence-electron chi connectivity index (χ0n) is 13.9. The van der Waals surface area contributed by atoms with Crippen molar-refractivity contribution in [2.24, 2.45) is 0 Å². The lowest BCUT2D eigenvalue weighted by Gasteiger charge is -2.34. The third kappa shape index (κ3) is 2.89. The second-order valence-electron chi connectivity index (χ2n) is 6.82. The van der Waals surface area contributed by atoms with Crippen molar-refractivity contribution in [3.63, 3.8) is 0 Å². The van der Waals surface area contributed by atoms with Crippen LogP contribution in [0.1, 0.15) is 36.1 Å². The van der Waals surface area contributed by atoms with Crippen LogP contribution in [0.4, 0.5) is 5.69 Å². The molecule has 1 saturated heterocycles. The molecule has 0 N–H and O–H groups in total. The summed E-state index contributed by atoms with van der Waals surface area (Å²) in [6, 6.07) is 12.7. The average Bonchev–Trinajstić information content (AvgIpc) is 3.23. The van der Waals surface area contributed by atoms with Crippen LogP contribution >= 0.6 is 11.3 Å². The number of anilines is 1. The minimum absolute atomic E-state index is 0.109. The number of rotatable bonds is 4. The van der Waals surface area contributed by atoms with Gasteiger partial charge in [0.05, 0.1) is 0 Å². The molecule has 1 fully saturated rings.